The monoisotopic (exact) mass is 276 g/mol. The number of fused-ring (bicyclic) bond motifs is 2. The minimum atomic E-state index is -4.24. The van der Waals surface area contributed by atoms with E-state index in [4.69, 9.17) is 8.37 Å². The van der Waals surface area contributed by atoms with Crippen molar-refractivity contribution in [3.05, 3.63) is 59.7 Å². The Balaban J connectivity index is 2.30. The van der Waals surface area contributed by atoms with Gasteiger partial charge in [-0.1, -0.05) is 24.3 Å². The summed E-state index contributed by atoms with van der Waals surface area (Å²) in [4.78, 5) is 12.3. The molecular formula is C13H8O5S. The Kier molecular flexibility index (Phi) is 2.53. The number of rotatable bonds is 0. The van der Waals surface area contributed by atoms with Crippen molar-refractivity contribution in [1.29, 1.82) is 0 Å². The van der Waals surface area contributed by atoms with Crippen LogP contribution < -0.4 is 8.37 Å². The molecule has 0 fully saturated rings. The highest BCUT2D eigenvalue weighted by Gasteiger charge is 2.28. The van der Waals surface area contributed by atoms with E-state index in [0.717, 1.165) is 0 Å². The van der Waals surface area contributed by atoms with E-state index in [-0.39, 0.29) is 28.4 Å². The maximum absolute atomic E-state index is 12.3. The average Bonchev–Trinajstić information content (AvgIpc) is 2.37. The average molecular weight is 276 g/mol. The van der Waals surface area contributed by atoms with Crippen LogP contribution >= 0.6 is 0 Å². The smallest absolute Gasteiger partial charge is 0.352 e. The van der Waals surface area contributed by atoms with Crippen molar-refractivity contribution in [2.75, 3.05) is 0 Å². The van der Waals surface area contributed by atoms with Crippen molar-refractivity contribution in [3.8, 4) is 11.5 Å². The van der Waals surface area contributed by atoms with Crippen LogP contribution in [0.4, 0.5) is 0 Å². The molecule has 1 heterocycles. The molecule has 0 amide bonds. The molecule has 0 spiro atoms. The van der Waals surface area contributed by atoms with Gasteiger partial charge in [-0.3, -0.25) is 4.79 Å². The highest BCUT2D eigenvalue weighted by molar-refractivity contribution is 7.82. The molecule has 0 radical (unpaired) electrons. The van der Waals surface area contributed by atoms with E-state index >= 15 is 0 Å². The predicted octanol–water partition coefficient (Wildman–Crippen LogP) is 1.93. The molecule has 0 bridgehead atoms. The Morgan fingerprint density at radius 1 is 0.737 bits per heavy atom. The highest BCUT2D eigenvalue weighted by Crippen LogP contribution is 2.31. The van der Waals surface area contributed by atoms with E-state index in [1.54, 1.807) is 24.3 Å². The Hall–Kier alpha value is -2.34. The van der Waals surface area contributed by atoms with Gasteiger partial charge in [0.05, 0.1) is 11.1 Å². The van der Waals surface area contributed by atoms with E-state index < -0.39 is 10.4 Å². The van der Waals surface area contributed by atoms with Gasteiger partial charge in [0, 0.05) is 0 Å². The zero-order valence-electron chi connectivity index (χ0n) is 9.57. The second-order valence-corrected chi connectivity index (χ2v) is 5.05. The Morgan fingerprint density at radius 2 is 1.16 bits per heavy atom. The molecule has 0 aliphatic carbocycles. The number of para-hydroxylation sites is 2. The van der Waals surface area contributed by atoms with Crippen molar-refractivity contribution in [2.45, 2.75) is 0 Å². The first-order valence-electron chi connectivity index (χ1n) is 5.43. The van der Waals surface area contributed by atoms with Gasteiger partial charge < -0.3 is 8.37 Å². The zero-order valence-corrected chi connectivity index (χ0v) is 10.4. The van der Waals surface area contributed by atoms with Crippen molar-refractivity contribution >= 4 is 16.2 Å². The van der Waals surface area contributed by atoms with Gasteiger partial charge >= 0.3 is 10.4 Å². The summed E-state index contributed by atoms with van der Waals surface area (Å²) in [5.74, 6) is -0.426. The molecule has 0 atom stereocenters. The molecule has 2 aromatic carbocycles. The summed E-state index contributed by atoms with van der Waals surface area (Å²) in [5.41, 5.74) is 0.364. The number of carbonyl (C=O) groups is 1. The van der Waals surface area contributed by atoms with Crippen LogP contribution in [0.5, 0.6) is 11.5 Å². The molecule has 2 aromatic rings. The van der Waals surface area contributed by atoms with Crippen molar-refractivity contribution < 1.29 is 21.6 Å². The molecule has 3 rings (SSSR count). The molecule has 19 heavy (non-hydrogen) atoms. The van der Waals surface area contributed by atoms with Crippen molar-refractivity contribution in [1.82, 2.24) is 0 Å². The number of benzene rings is 2. The lowest BCUT2D eigenvalue weighted by Crippen LogP contribution is -2.22. The van der Waals surface area contributed by atoms with E-state index in [1.165, 1.54) is 24.3 Å². The fraction of sp³-hybridized carbons (Fsp3) is 0. The fourth-order valence-corrected chi connectivity index (χ4v) is 2.60. The molecule has 0 saturated heterocycles. The van der Waals surface area contributed by atoms with Crippen LogP contribution in [0.3, 0.4) is 0 Å². The Bertz CT molecular complexity index is 707. The van der Waals surface area contributed by atoms with E-state index in [2.05, 4.69) is 0 Å². The Labute approximate surface area is 109 Å². The number of hydrogen-bond donors (Lipinski definition) is 0. The summed E-state index contributed by atoms with van der Waals surface area (Å²) in [6.45, 7) is 0. The number of hydrogen-bond acceptors (Lipinski definition) is 5. The highest BCUT2D eigenvalue weighted by atomic mass is 32.3. The van der Waals surface area contributed by atoms with Crippen LogP contribution in [0.25, 0.3) is 0 Å². The van der Waals surface area contributed by atoms with Gasteiger partial charge in [0.15, 0.2) is 11.5 Å². The molecule has 0 saturated carbocycles. The van der Waals surface area contributed by atoms with Crippen LogP contribution in [0.1, 0.15) is 15.9 Å². The molecule has 0 unspecified atom stereocenters. The summed E-state index contributed by atoms with van der Waals surface area (Å²) in [5, 5.41) is 0. The van der Waals surface area contributed by atoms with Gasteiger partial charge in [-0.25, -0.2) is 0 Å². The van der Waals surface area contributed by atoms with Crippen LogP contribution in [0.2, 0.25) is 0 Å². The molecule has 6 heteroatoms. The molecule has 1 aliphatic rings. The molecule has 96 valence electrons. The minimum Gasteiger partial charge on any atom is -0.352 e. The second-order valence-electron chi connectivity index (χ2n) is 3.90. The van der Waals surface area contributed by atoms with Crippen LogP contribution in [0.15, 0.2) is 48.5 Å². The SMILES string of the molecule is O=C1c2ccccc2OS(=O)(=O)Oc2ccccc21. The Morgan fingerprint density at radius 3 is 1.63 bits per heavy atom. The quantitative estimate of drug-likeness (QED) is 0.735. The van der Waals surface area contributed by atoms with E-state index in [9.17, 15) is 13.2 Å². The standard InChI is InChI=1S/C13H8O5S/c14-13-9-5-1-3-7-11(9)17-19(15,16)18-12-8-4-2-6-10(12)13/h1-8H. The molecule has 5 nitrogen and oxygen atoms in total. The summed E-state index contributed by atoms with van der Waals surface area (Å²) < 4.78 is 33.0. The van der Waals surface area contributed by atoms with Gasteiger partial charge in [0.1, 0.15) is 0 Å². The normalized spacial score (nSPS) is 16.1. The number of carbonyl (C=O) groups excluding carboxylic acids is 1. The van der Waals surface area contributed by atoms with Gasteiger partial charge in [-0.15, -0.1) is 8.42 Å². The van der Waals surface area contributed by atoms with Crippen molar-refractivity contribution in [2.24, 2.45) is 0 Å². The number of ketones is 1. The summed E-state index contributed by atoms with van der Waals surface area (Å²) in [6, 6.07) is 12.3. The van der Waals surface area contributed by atoms with Gasteiger partial charge in [-0.05, 0) is 24.3 Å². The molecule has 1 aliphatic heterocycles. The molecule has 0 N–H and O–H groups in total. The third-order valence-electron chi connectivity index (χ3n) is 2.65. The first kappa shape index (κ1) is 11.7. The van der Waals surface area contributed by atoms with Crippen LogP contribution in [0, 0.1) is 0 Å². The zero-order chi connectivity index (χ0) is 13.5. The molecular weight excluding hydrogens is 268 g/mol. The van der Waals surface area contributed by atoms with E-state index in [1.807, 2.05) is 0 Å². The lowest BCUT2D eigenvalue weighted by molar-refractivity contribution is 0.103. The van der Waals surface area contributed by atoms with Crippen LogP contribution in [-0.2, 0) is 10.4 Å². The third kappa shape index (κ3) is 2.06. The predicted molar refractivity (Wildman–Crippen MR) is 66.5 cm³/mol. The van der Waals surface area contributed by atoms with Gasteiger partial charge in [0.25, 0.3) is 0 Å². The summed E-state index contributed by atoms with van der Waals surface area (Å²) in [6.07, 6.45) is 0. The third-order valence-corrected chi connectivity index (χ3v) is 3.41. The lowest BCUT2D eigenvalue weighted by Gasteiger charge is -2.16. The van der Waals surface area contributed by atoms with Crippen molar-refractivity contribution in [3.63, 3.8) is 0 Å². The maximum atomic E-state index is 12.3. The van der Waals surface area contributed by atoms with Gasteiger partial charge in [0.2, 0.25) is 5.78 Å². The first-order valence-corrected chi connectivity index (χ1v) is 6.77. The topological polar surface area (TPSA) is 69.7 Å². The second kappa shape index (κ2) is 4.10. The van der Waals surface area contributed by atoms with Gasteiger partial charge in [-0.2, -0.15) is 0 Å². The van der Waals surface area contributed by atoms with E-state index in [0.29, 0.717) is 0 Å². The molecule has 0 aromatic heterocycles. The maximum Gasteiger partial charge on any atom is 0.501 e. The fourth-order valence-electron chi connectivity index (χ4n) is 1.84. The summed E-state index contributed by atoms with van der Waals surface area (Å²) >= 11 is 0. The lowest BCUT2D eigenvalue weighted by atomic mass is 10.0. The first-order chi connectivity index (χ1) is 9.07. The largest absolute Gasteiger partial charge is 0.501 e. The summed E-state index contributed by atoms with van der Waals surface area (Å²) in [7, 11) is -4.24. The minimum absolute atomic E-state index is 0.0398. The van der Waals surface area contributed by atoms with Crippen LogP contribution in [-0.4, -0.2) is 14.2 Å².